The van der Waals surface area contributed by atoms with Crippen molar-refractivity contribution in [3.05, 3.63) is 34.6 Å². The highest BCUT2D eigenvalue weighted by Gasteiger charge is 2.16. The lowest BCUT2D eigenvalue weighted by molar-refractivity contribution is 0.601. The standard InChI is InChI=1S/C8H6Cl2N4O2S/c9-6-2-1-5(3-7(6)10)17(15,16)14-8-11-4-12-13-8/h1-4H,(H2,11,12,13,14). The van der Waals surface area contributed by atoms with Crippen molar-refractivity contribution in [3.63, 3.8) is 0 Å². The van der Waals surface area contributed by atoms with E-state index in [-0.39, 0.29) is 20.9 Å². The van der Waals surface area contributed by atoms with Gasteiger partial charge in [-0.05, 0) is 18.2 Å². The van der Waals surface area contributed by atoms with Crippen LogP contribution in [0.25, 0.3) is 0 Å². The van der Waals surface area contributed by atoms with Gasteiger partial charge < -0.3 is 0 Å². The molecule has 0 radical (unpaired) electrons. The minimum atomic E-state index is -3.75. The van der Waals surface area contributed by atoms with Crippen molar-refractivity contribution in [2.45, 2.75) is 4.90 Å². The van der Waals surface area contributed by atoms with Crippen LogP contribution in [0.15, 0.2) is 29.4 Å². The zero-order valence-corrected chi connectivity index (χ0v) is 10.5. The van der Waals surface area contributed by atoms with Gasteiger partial charge in [0.1, 0.15) is 6.33 Å². The van der Waals surface area contributed by atoms with Crippen LogP contribution in [0.4, 0.5) is 5.95 Å². The SMILES string of the molecule is O=S(=O)(Nc1ncn[nH]1)c1ccc(Cl)c(Cl)c1. The number of benzene rings is 1. The molecule has 0 saturated heterocycles. The van der Waals surface area contributed by atoms with Gasteiger partial charge in [-0.2, -0.15) is 10.1 Å². The normalized spacial score (nSPS) is 11.4. The molecular formula is C8H6Cl2N4O2S. The summed E-state index contributed by atoms with van der Waals surface area (Å²) < 4.78 is 25.9. The lowest BCUT2D eigenvalue weighted by Gasteiger charge is -2.05. The molecule has 0 bridgehead atoms. The van der Waals surface area contributed by atoms with Crippen molar-refractivity contribution in [1.29, 1.82) is 0 Å². The van der Waals surface area contributed by atoms with E-state index >= 15 is 0 Å². The Morgan fingerprint density at radius 3 is 2.59 bits per heavy atom. The molecule has 90 valence electrons. The summed E-state index contributed by atoms with van der Waals surface area (Å²) in [6.07, 6.45) is 1.19. The number of rotatable bonds is 3. The summed E-state index contributed by atoms with van der Waals surface area (Å²) in [6.45, 7) is 0. The number of sulfonamides is 1. The number of anilines is 1. The Morgan fingerprint density at radius 2 is 2.00 bits per heavy atom. The van der Waals surface area contributed by atoms with Crippen LogP contribution in [0.5, 0.6) is 0 Å². The van der Waals surface area contributed by atoms with Crippen LogP contribution in [0.3, 0.4) is 0 Å². The zero-order valence-electron chi connectivity index (χ0n) is 8.18. The number of nitrogens with one attached hydrogen (secondary N) is 2. The van der Waals surface area contributed by atoms with Crippen molar-refractivity contribution in [1.82, 2.24) is 15.2 Å². The third-order valence-corrected chi connectivity index (χ3v) is 3.92. The third-order valence-electron chi connectivity index (χ3n) is 1.85. The Kier molecular flexibility index (Phi) is 3.23. The predicted octanol–water partition coefficient (Wildman–Crippen LogP) is 1.91. The summed E-state index contributed by atoms with van der Waals surface area (Å²) in [5.41, 5.74) is 0. The Morgan fingerprint density at radius 1 is 1.24 bits per heavy atom. The molecule has 0 aliphatic rings. The molecule has 6 nitrogen and oxygen atoms in total. The van der Waals surface area contributed by atoms with Crippen LogP contribution < -0.4 is 4.72 Å². The molecule has 0 spiro atoms. The highest BCUT2D eigenvalue weighted by Crippen LogP contribution is 2.25. The van der Waals surface area contributed by atoms with Gasteiger partial charge in [0.15, 0.2) is 0 Å². The van der Waals surface area contributed by atoms with Gasteiger partial charge in [0, 0.05) is 0 Å². The number of aromatic amines is 1. The fraction of sp³-hybridized carbons (Fsp3) is 0. The molecule has 17 heavy (non-hydrogen) atoms. The topological polar surface area (TPSA) is 87.7 Å². The Labute approximate surface area is 107 Å². The lowest BCUT2D eigenvalue weighted by Crippen LogP contribution is -2.13. The highest BCUT2D eigenvalue weighted by molar-refractivity contribution is 7.92. The quantitative estimate of drug-likeness (QED) is 0.904. The number of aromatic nitrogens is 3. The molecule has 1 heterocycles. The van der Waals surface area contributed by atoms with Gasteiger partial charge in [-0.3, -0.25) is 0 Å². The first kappa shape index (κ1) is 12.2. The highest BCUT2D eigenvalue weighted by atomic mass is 35.5. The molecule has 1 aromatic heterocycles. The van der Waals surface area contributed by atoms with Gasteiger partial charge >= 0.3 is 0 Å². The smallest absolute Gasteiger partial charge is 0.248 e. The van der Waals surface area contributed by atoms with Crippen LogP contribution in [-0.2, 0) is 10.0 Å². The Balaban J connectivity index is 2.35. The average Bonchev–Trinajstić information content (AvgIpc) is 2.73. The molecule has 9 heteroatoms. The molecule has 0 saturated carbocycles. The van der Waals surface area contributed by atoms with Gasteiger partial charge in [0.05, 0.1) is 14.9 Å². The molecule has 1 aromatic carbocycles. The molecule has 0 unspecified atom stereocenters. The van der Waals surface area contributed by atoms with Crippen molar-refractivity contribution in [3.8, 4) is 0 Å². The number of nitrogens with zero attached hydrogens (tertiary/aromatic N) is 2. The van der Waals surface area contributed by atoms with Crippen molar-refractivity contribution < 1.29 is 8.42 Å². The van der Waals surface area contributed by atoms with Crippen LogP contribution in [0, 0.1) is 0 Å². The first-order chi connectivity index (χ1) is 7.99. The van der Waals surface area contributed by atoms with E-state index in [0.29, 0.717) is 0 Å². The number of hydrogen-bond acceptors (Lipinski definition) is 4. The minimum Gasteiger partial charge on any atom is -0.248 e. The average molecular weight is 293 g/mol. The predicted molar refractivity (Wildman–Crippen MR) is 63.7 cm³/mol. The molecule has 2 rings (SSSR count). The lowest BCUT2D eigenvalue weighted by atomic mass is 10.4. The largest absolute Gasteiger partial charge is 0.264 e. The summed E-state index contributed by atoms with van der Waals surface area (Å²) >= 11 is 11.4. The molecule has 0 fully saturated rings. The Bertz CT molecular complexity index is 627. The second-order valence-corrected chi connectivity index (χ2v) is 5.51. The molecule has 0 aliphatic carbocycles. The first-order valence-corrected chi connectivity index (χ1v) is 6.56. The van der Waals surface area contributed by atoms with E-state index in [9.17, 15) is 8.42 Å². The maximum absolute atomic E-state index is 11.9. The molecule has 2 aromatic rings. The van der Waals surface area contributed by atoms with Gasteiger partial charge in [-0.15, -0.1) is 0 Å². The molecule has 2 N–H and O–H groups in total. The van der Waals surface area contributed by atoms with E-state index in [2.05, 4.69) is 19.9 Å². The molecule has 0 aliphatic heterocycles. The van der Waals surface area contributed by atoms with Gasteiger partial charge in [0.2, 0.25) is 5.95 Å². The van der Waals surface area contributed by atoms with Gasteiger partial charge in [-0.25, -0.2) is 18.2 Å². The monoisotopic (exact) mass is 292 g/mol. The van der Waals surface area contributed by atoms with Crippen molar-refractivity contribution >= 4 is 39.2 Å². The van der Waals surface area contributed by atoms with E-state index in [1.54, 1.807) is 0 Å². The van der Waals surface area contributed by atoms with Gasteiger partial charge in [-0.1, -0.05) is 23.2 Å². The number of hydrogen-bond donors (Lipinski definition) is 2. The second kappa shape index (κ2) is 4.52. The van der Waals surface area contributed by atoms with E-state index in [1.165, 1.54) is 24.5 Å². The molecular weight excluding hydrogens is 287 g/mol. The van der Waals surface area contributed by atoms with E-state index in [0.717, 1.165) is 0 Å². The summed E-state index contributed by atoms with van der Waals surface area (Å²) in [5, 5.41) is 6.34. The second-order valence-electron chi connectivity index (χ2n) is 3.02. The summed E-state index contributed by atoms with van der Waals surface area (Å²) in [6, 6.07) is 3.99. The zero-order chi connectivity index (χ0) is 12.5. The van der Waals surface area contributed by atoms with Crippen molar-refractivity contribution in [2.75, 3.05) is 4.72 Å². The minimum absolute atomic E-state index is 0.0108. The van der Waals surface area contributed by atoms with Crippen LogP contribution in [-0.4, -0.2) is 23.6 Å². The maximum Gasteiger partial charge on any atom is 0.264 e. The Hall–Kier alpha value is -1.31. The number of halogens is 2. The number of H-pyrrole nitrogens is 1. The first-order valence-electron chi connectivity index (χ1n) is 4.32. The van der Waals surface area contributed by atoms with Crippen LogP contribution >= 0.6 is 23.2 Å². The third kappa shape index (κ3) is 2.68. The van der Waals surface area contributed by atoms with Crippen LogP contribution in [0.1, 0.15) is 0 Å². The molecule has 0 atom stereocenters. The molecule has 0 amide bonds. The summed E-state index contributed by atoms with van der Waals surface area (Å²) in [5.74, 6) is 0.0241. The fourth-order valence-corrected chi connectivity index (χ4v) is 2.44. The van der Waals surface area contributed by atoms with Gasteiger partial charge in [0.25, 0.3) is 10.0 Å². The van der Waals surface area contributed by atoms with Crippen LogP contribution in [0.2, 0.25) is 10.0 Å². The van der Waals surface area contributed by atoms with Crippen molar-refractivity contribution in [2.24, 2.45) is 0 Å². The summed E-state index contributed by atoms with van der Waals surface area (Å²) in [7, 11) is -3.75. The van der Waals surface area contributed by atoms with E-state index in [1.807, 2.05) is 0 Å². The van der Waals surface area contributed by atoms with E-state index in [4.69, 9.17) is 23.2 Å². The summed E-state index contributed by atoms with van der Waals surface area (Å²) in [4.78, 5) is 3.64. The fourth-order valence-electron chi connectivity index (χ4n) is 1.08. The van der Waals surface area contributed by atoms with E-state index < -0.39 is 10.0 Å². The maximum atomic E-state index is 11.9.